The molecule has 0 aliphatic carbocycles. The lowest BCUT2D eigenvalue weighted by molar-refractivity contribution is -0.111. The van der Waals surface area contributed by atoms with Crippen LogP contribution in [0.2, 0.25) is 5.15 Å². The normalized spacial score (nSPS) is 13.4. The first-order chi connectivity index (χ1) is 15.0. The number of anilines is 2. The number of benzene rings is 2. The Labute approximate surface area is 185 Å². The molecule has 152 valence electrons. The number of carbonyl (C=O) groups is 3. The minimum atomic E-state index is -0.390. The maximum absolute atomic E-state index is 12.7. The van der Waals surface area contributed by atoms with Crippen LogP contribution in [-0.2, 0) is 4.79 Å². The average Bonchev–Trinajstić information content (AvgIpc) is 3.40. The Hall–Kier alpha value is -3.75. The highest BCUT2D eigenvalue weighted by Gasteiger charge is 2.36. The second-order valence-corrected chi connectivity index (χ2v) is 7.94. The van der Waals surface area contributed by atoms with Gasteiger partial charge in [0.2, 0.25) is 5.91 Å². The zero-order valence-corrected chi connectivity index (χ0v) is 17.4. The number of aromatic nitrogens is 2. The van der Waals surface area contributed by atoms with E-state index in [0.29, 0.717) is 33.3 Å². The van der Waals surface area contributed by atoms with Gasteiger partial charge in [0.15, 0.2) is 10.1 Å². The standard InChI is InChI=1S/C22H13ClN4O3S/c23-19-17(26-10-11-31-22(26)25-19)8-9-18(28)24-13-4-3-5-14(12-13)27-20(29)15-6-1-2-7-16(15)21(27)30/h1-12H,(H,24,28)/b9-8+. The van der Waals surface area contributed by atoms with Gasteiger partial charge >= 0.3 is 0 Å². The van der Waals surface area contributed by atoms with Crippen LogP contribution in [0.3, 0.4) is 0 Å². The predicted octanol–water partition coefficient (Wildman–Crippen LogP) is 4.50. The molecule has 3 amide bonds. The van der Waals surface area contributed by atoms with Crippen LogP contribution in [0.5, 0.6) is 0 Å². The molecule has 0 fully saturated rings. The molecule has 0 saturated heterocycles. The summed E-state index contributed by atoms with van der Waals surface area (Å²) in [5.74, 6) is -1.17. The lowest BCUT2D eigenvalue weighted by Crippen LogP contribution is -2.29. The Morgan fingerprint density at radius 3 is 2.55 bits per heavy atom. The van der Waals surface area contributed by atoms with Gasteiger partial charge in [-0.15, -0.1) is 11.3 Å². The quantitative estimate of drug-likeness (QED) is 0.368. The number of rotatable bonds is 4. The fraction of sp³-hybridized carbons (Fsp3) is 0. The lowest BCUT2D eigenvalue weighted by atomic mass is 10.1. The molecule has 2 aromatic carbocycles. The molecule has 5 rings (SSSR count). The van der Waals surface area contributed by atoms with Gasteiger partial charge in [0, 0.05) is 23.3 Å². The van der Waals surface area contributed by atoms with Crippen LogP contribution in [0.25, 0.3) is 11.0 Å². The highest BCUT2D eigenvalue weighted by atomic mass is 35.5. The number of fused-ring (bicyclic) bond motifs is 2. The van der Waals surface area contributed by atoms with Crippen molar-refractivity contribution in [3.05, 3.63) is 88.2 Å². The van der Waals surface area contributed by atoms with Gasteiger partial charge in [-0.3, -0.25) is 18.8 Å². The zero-order valence-electron chi connectivity index (χ0n) is 15.8. The second-order valence-electron chi connectivity index (χ2n) is 6.71. The Morgan fingerprint density at radius 2 is 1.81 bits per heavy atom. The number of nitrogens with zero attached hydrogens (tertiary/aromatic N) is 3. The van der Waals surface area contributed by atoms with Gasteiger partial charge in [-0.2, -0.15) is 0 Å². The van der Waals surface area contributed by atoms with E-state index in [2.05, 4.69) is 10.3 Å². The molecule has 9 heteroatoms. The van der Waals surface area contributed by atoms with Gasteiger partial charge in [0.1, 0.15) is 0 Å². The number of hydrogen-bond acceptors (Lipinski definition) is 5. The van der Waals surface area contributed by atoms with E-state index in [1.807, 2.05) is 11.6 Å². The zero-order chi connectivity index (χ0) is 21.5. The summed E-state index contributed by atoms with van der Waals surface area (Å²) in [7, 11) is 0. The summed E-state index contributed by atoms with van der Waals surface area (Å²) in [6.45, 7) is 0. The summed E-state index contributed by atoms with van der Waals surface area (Å²) in [4.78, 5) is 43.8. The number of hydrogen-bond donors (Lipinski definition) is 1. The van der Waals surface area contributed by atoms with Crippen molar-refractivity contribution in [2.75, 3.05) is 10.2 Å². The Bertz CT molecular complexity index is 1370. The first kappa shape index (κ1) is 19.2. The van der Waals surface area contributed by atoms with Crippen LogP contribution >= 0.6 is 22.9 Å². The molecule has 0 radical (unpaired) electrons. The Morgan fingerprint density at radius 1 is 1.06 bits per heavy atom. The van der Waals surface area contributed by atoms with Crippen LogP contribution in [0.4, 0.5) is 11.4 Å². The van der Waals surface area contributed by atoms with Crippen LogP contribution in [0.15, 0.2) is 66.2 Å². The molecule has 3 heterocycles. The minimum Gasteiger partial charge on any atom is -0.322 e. The molecule has 1 aliphatic rings. The monoisotopic (exact) mass is 448 g/mol. The Balaban J connectivity index is 1.36. The summed E-state index contributed by atoms with van der Waals surface area (Å²) >= 11 is 7.58. The summed E-state index contributed by atoms with van der Waals surface area (Å²) in [6, 6.07) is 13.2. The van der Waals surface area contributed by atoms with Gasteiger partial charge in [0.05, 0.1) is 22.5 Å². The molecular formula is C22H13ClN4O3S. The van der Waals surface area contributed by atoms with Gasteiger partial charge in [-0.25, -0.2) is 9.88 Å². The highest BCUT2D eigenvalue weighted by molar-refractivity contribution is 7.15. The number of nitrogens with one attached hydrogen (secondary N) is 1. The van der Waals surface area contributed by atoms with E-state index >= 15 is 0 Å². The highest BCUT2D eigenvalue weighted by Crippen LogP contribution is 2.30. The molecule has 31 heavy (non-hydrogen) atoms. The predicted molar refractivity (Wildman–Crippen MR) is 120 cm³/mol. The summed E-state index contributed by atoms with van der Waals surface area (Å²) in [6.07, 6.45) is 4.75. The molecule has 7 nitrogen and oxygen atoms in total. The molecule has 1 aliphatic heterocycles. The molecule has 0 saturated carbocycles. The van der Waals surface area contributed by atoms with Crippen molar-refractivity contribution in [1.29, 1.82) is 0 Å². The van der Waals surface area contributed by atoms with Crippen molar-refractivity contribution in [3.63, 3.8) is 0 Å². The largest absolute Gasteiger partial charge is 0.322 e. The fourth-order valence-electron chi connectivity index (χ4n) is 3.41. The van der Waals surface area contributed by atoms with Gasteiger partial charge < -0.3 is 5.32 Å². The van der Waals surface area contributed by atoms with E-state index in [-0.39, 0.29) is 17.7 Å². The molecule has 4 aromatic rings. The van der Waals surface area contributed by atoms with Crippen LogP contribution in [0, 0.1) is 0 Å². The molecular weight excluding hydrogens is 436 g/mol. The maximum atomic E-state index is 12.7. The van der Waals surface area contributed by atoms with E-state index in [1.54, 1.807) is 59.0 Å². The minimum absolute atomic E-state index is 0.309. The van der Waals surface area contributed by atoms with Crippen LogP contribution in [0.1, 0.15) is 26.4 Å². The van der Waals surface area contributed by atoms with Gasteiger partial charge in [-0.05, 0) is 36.4 Å². The topological polar surface area (TPSA) is 83.8 Å². The molecule has 0 bridgehead atoms. The Kier molecular flexibility index (Phi) is 4.65. The number of amides is 3. The molecule has 0 unspecified atom stereocenters. The third-order valence-corrected chi connectivity index (χ3v) is 5.85. The van der Waals surface area contributed by atoms with Crippen molar-refractivity contribution >= 4 is 63.1 Å². The third kappa shape index (κ3) is 3.31. The smallest absolute Gasteiger partial charge is 0.266 e. The molecule has 0 atom stereocenters. The van der Waals surface area contributed by atoms with Crippen molar-refractivity contribution in [1.82, 2.24) is 9.38 Å². The fourth-order valence-corrected chi connectivity index (χ4v) is 4.42. The maximum Gasteiger partial charge on any atom is 0.266 e. The van der Waals surface area contributed by atoms with E-state index in [1.165, 1.54) is 17.4 Å². The summed E-state index contributed by atoms with van der Waals surface area (Å²) < 4.78 is 1.79. The van der Waals surface area contributed by atoms with E-state index in [9.17, 15) is 14.4 Å². The summed E-state index contributed by atoms with van der Waals surface area (Å²) in [5.41, 5.74) is 2.16. The van der Waals surface area contributed by atoms with Crippen LogP contribution in [-0.4, -0.2) is 27.1 Å². The van der Waals surface area contributed by atoms with E-state index in [4.69, 9.17) is 11.6 Å². The molecule has 2 aromatic heterocycles. The molecule has 1 N–H and O–H groups in total. The number of carbonyl (C=O) groups excluding carboxylic acids is 3. The third-order valence-electron chi connectivity index (χ3n) is 4.81. The number of imide groups is 1. The van der Waals surface area contributed by atoms with Gasteiger partial charge in [-0.1, -0.05) is 29.8 Å². The first-order valence-electron chi connectivity index (χ1n) is 9.21. The van der Waals surface area contributed by atoms with Crippen molar-refractivity contribution < 1.29 is 14.4 Å². The number of halogens is 1. The SMILES string of the molecule is O=C(/C=C/c1c(Cl)nc2sccn12)Nc1cccc(N2C(=O)c3ccccc3C2=O)c1. The van der Waals surface area contributed by atoms with Crippen molar-refractivity contribution in [3.8, 4) is 0 Å². The number of imidazole rings is 1. The van der Waals surface area contributed by atoms with Gasteiger partial charge in [0.25, 0.3) is 11.8 Å². The average molecular weight is 449 g/mol. The second kappa shape index (κ2) is 7.50. The van der Waals surface area contributed by atoms with E-state index in [0.717, 1.165) is 9.86 Å². The lowest BCUT2D eigenvalue weighted by Gasteiger charge is -2.15. The van der Waals surface area contributed by atoms with Crippen LogP contribution < -0.4 is 10.2 Å². The van der Waals surface area contributed by atoms with Crippen molar-refractivity contribution in [2.45, 2.75) is 0 Å². The first-order valence-corrected chi connectivity index (χ1v) is 10.5. The number of thiazole rings is 1. The van der Waals surface area contributed by atoms with E-state index < -0.39 is 0 Å². The summed E-state index contributed by atoms with van der Waals surface area (Å²) in [5, 5.41) is 4.92. The van der Waals surface area contributed by atoms with Crippen molar-refractivity contribution in [2.24, 2.45) is 0 Å². The molecule has 0 spiro atoms.